The number of aromatic carboxylic acids is 1. The molecule has 0 atom stereocenters. The molecule has 0 unspecified atom stereocenters. The molecule has 0 fully saturated rings. The van der Waals surface area contributed by atoms with E-state index in [0.29, 0.717) is 5.69 Å². The predicted octanol–water partition coefficient (Wildman–Crippen LogP) is 2.45. The van der Waals surface area contributed by atoms with Crippen LogP contribution in [-0.4, -0.2) is 26.0 Å². The van der Waals surface area contributed by atoms with E-state index in [1.54, 1.807) is 36.8 Å². The van der Waals surface area contributed by atoms with Crippen molar-refractivity contribution in [3.05, 3.63) is 42.4 Å². The van der Waals surface area contributed by atoms with Crippen molar-refractivity contribution in [2.75, 3.05) is 0 Å². The van der Waals surface area contributed by atoms with Crippen molar-refractivity contribution in [2.45, 2.75) is 0 Å². The fourth-order valence-corrected chi connectivity index (χ4v) is 2.54. The largest absolute Gasteiger partial charge is 0.478 e. The summed E-state index contributed by atoms with van der Waals surface area (Å²) in [6.45, 7) is 0. The van der Waals surface area contributed by atoms with Gasteiger partial charge in [-0.2, -0.15) is 0 Å². The lowest BCUT2D eigenvalue weighted by atomic mass is 10.2. The van der Waals surface area contributed by atoms with Crippen LogP contribution in [0.3, 0.4) is 0 Å². The Labute approximate surface area is 106 Å². The Bertz CT molecular complexity index is 725. The topological polar surface area (TPSA) is 76.0 Å². The van der Waals surface area contributed by atoms with Crippen LogP contribution in [0.15, 0.2) is 36.8 Å². The molecule has 0 aliphatic rings. The molecule has 0 aliphatic heterocycles. The summed E-state index contributed by atoms with van der Waals surface area (Å²) in [5.74, 6) is -0.939. The van der Waals surface area contributed by atoms with E-state index in [1.807, 2.05) is 0 Å². The fraction of sp³-hybridized carbons (Fsp3) is 0. The molecule has 0 saturated carbocycles. The highest BCUT2D eigenvalue weighted by atomic mass is 32.1. The summed E-state index contributed by atoms with van der Waals surface area (Å²) in [7, 11) is 0. The Morgan fingerprint density at radius 2 is 2.17 bits per heavy atom. The molecule has 3 rings (SSSR count). The van der Waals surface area contributed by atoms with Gasteiger partial charge in [0.25, 0.3) is 0 Å². The number of carboxylic acid groups (broad SMARTS) is 1. The molecule has 0 saturated heterocycles. The highest BCUT2D eigenvalue weighted by molar-refractivity contribution is 7.21. The minimum Gasteiger partial charge on any atom is -0.478 e. The van der Waals surface area contributed by atoms with Crippen LogP contribution in [0.1, 0.15) is 10.4 Å². The molecule has 6 heteroatoms. The normalized spacial score (nSPS) is 10.7. The van der Waals surface area contributed by atoms with Crippen LogP contribution < -0.4 is 0 Å². The molecule has 18 heavy (non-hydrogen) atoms. The zero-order valence-corrected chi connectivity index (χ0v) is 9.89. The van der Waals surface area contributed by atoms with Crippen LogP contribution in [0.5, 0.6) is 0 Å². The van der Waals surface area contributed by atoms with Gasteiger partial charge < -0.3 is 5.11 Å². The van der Waals surface area contributed by atoms with Gasteiger partial charge in [-0.1, -0.05) is 0 Å². The molecular weight excluding hydrogens is 250 g/mol. The van der Waals surface area contributed by atoms with Gasteiger partial charge in [0.2, 0.25) is 0 Å². The Balaban J connectivity index is 2.14. The molecule has 2 heterocycles. The molecular formula is C12H7N3O2S. The maximum absolute atomic E-state index is 10.9. The molecule has 5 nitrogen and oxygen atoms in total. The summed E-state index contributed by atoms with van der Waals surface area (Å²) in [4.78, 5) is 23.4. The maximum Gasteiger partial charge on any atom is 0.335 e. The third-order valence-electron chi connectivity index (χ3n) is 2.42. The van der Waals surface area contributed by atoms with Gasteiger partial charge >= 0.3 is 5.97 Å². The van der Waals surface area contributed by atoms with E-state index < -0.39 is 5.97 Å². The van der Waals surface area contributed by atoms with Crippen molar-refractivity contribution in [2.24, 2.45) is 0 Å². The first-order valence-corrected chi connectivity index (χ1v) is 5.96. The lowest BCUT2D eigenvalue weighted by Crippen LogP contribution is -1.94. The van der Waals surface area contributed by atoms with E-state index in [1.165, 1.54) is 11.3 Å². The Hall–Kier alpha value is -2.34. The van der Waals surface area contributed by atoms with Gasteiger partial charge in [0, 0.05) is 12.4 Å². The first-order chi connectivity index (χ1) is 8.74. The number of fused-ring (bicyclic) bond motifs is 1. The molecule has 0 radical (unpaired) electrons. The number of benzene rings is 1. The minimum atomic E-state index is -0.939. The van der Waals surface area contributed by atoms with Gasteiger partial charge in [0.1, 0.15) is 10.7 Å². The lowest BCUT2D eigenvalue weighted by Gasteiger charge is -1.91. The van der Waals surface area contributed by atoms with E-state index in [2.05, 4.69) is 15.0 Å². The number of hydrogen-bond acceptors (Lipinski definition) is 5. The molecule has 0 bridgehead atoms. The number of nitrogens with zero attached hydrogens (tertiary/aromatic N) is 3. The van der Waals surface area contributed by atoms with E-state index in [4.69, 9.17) is 5.11 Å². The Morgan fingerprint density at radius 1 is 1.28 bits per heavy atom. The molecule has 1 N–H and O–H groups in total. The zero-order valence-electron chi connectivity index (χ0n) is 9.07. The van der Waals surface area contributed by atoms with Gasteiger partial charge in [0.15, 0.2) is 0 Å². The second-order valence-electron chi connectivity index (χ2n) is 3.60. The van der Waals surface area contributed by atoms with Gasteiger partial charge in [-0.15, -0.1) is 11.3 Å². The third kappa shape index (κ3) is 1.82. The van der Waals surface area contributed by atoms with E-state index in [-0.39, 0.29) is 5.56 Å². The molecule has 3 aromatic rings. The van der Waals surface area contributed by atoms with Crippen molar-refractivity contribution >= 4 is 27.5 Å². The summed E-state index contributed by atoms with van der Waals surface area (Å²) in [6, 6.07) is 4.87. The molecule has 0 aliphatic carbocycles. The first-order valence-electron chi connectivity index (χ1n) is 5.14. The molecule has 1 aromatic carbocycles. The fourth-order valence-electron chi connectivity index (χ4n) is 1.58. The van der Waals surface area contributed by atoms with Gasteiger partial charge in [-0.05, 0) is 18.2 Å². The number of carbonyl (C=O) groups is 1. The smallest absolute Gasteiger partial charge is 0.335 e. The Kier molecular flexibility index (Phi) is 2.49. The molecule has 0 spiro atoms. The highest BCUT2D eigenvalue weighted by Gasteiger charge is 2.10. The standard InChI is InChI=1S/C12H7N3O2S/c16-12(17)7-1-2-8-10(5-7)18-11(15-8)9-6-13-3-4-14-9/h1-6H,(H,16,17). The maximum atomic E-state index is 10.9. The first kappa shape index (κ1) is 10.8. The van der Waals surface area contributed by atoms with E-state index >= 15 is 0 Å². The number of aromatic nitrogens is 3. The number of hydrogen-bond donors (Lipinski definition) is 1. The van der Waals surface area contributed by atoms with Crippen LogP contribution in [0, 0.1) is 0 Å². The third-order valence-corrected chi connectivity index (χ3v) is 3.46. The number of thiazole rings is 1. The summed E-state index contributed by atoms with van der Waals surface area (Å²) in [6.07, 6.45) is 4.83. The van der Waals surface area contributed by atoms with Crippen molar-refractivity contribution in [3.63, 3.8) is 0 Å². The van der Waals surface area contributed by atoms with Crippen molar-refractivity contribution in [3.8, 4) is 10.7 Å². The van der Waals surface area contributed by atoms with Crippen molar-refractivity contribution in [1.82, 2.24) is 15.0 Å². The average Bonchev–Trinajstić information content (AvgIpc) is 2.82. The van der Waals surface area contributed by atoms with Crippen molar-refractivity contribution < 1.29 is 9.90 Å². The summed E-state index contributed by atoms with van der Waals surface area (Å²) < 4.78 is 0.829. The summed E-state index contributed by atoms with van der Waals surface area (Å²) >= 11 is 1.40. The van der Waals surface area contributed by atoms with Crippen molar-refractivity contribution in [1.29, 1.82) is 0 Å². The van der Waals surface area contributed by atoms with Crippen LogP contribution in [0.4, 0.5) is 0 Å². The zero-order chi connectivity index (χ0) is 12.5. The van der Waals surface area contributed by atoms with Gasteiger partial charge in [-0.3, -0.25) is 9.97 Å². The molecule has 2 aromatic heterocycles. The van der Waals surface area contributed by atoms with E-state index in [0.717, 1.165) is 15.2 Å². The van der Waals surface area contributed by atoms with Crippen LogP contribution in [0.25, 0.3) is 20.9 Å². The predicted molar refractivity (Wildman–Crippen MR) is 67.6 cm³/mol. The summed E-state index contributed by atoms with van der Waals surface area (Å²) in [5, 5.41) is 9.67. The molecule has 88 valence electrons. The van der Waals surface area contributed by atoms with E-state index in [9.17, 15) is 4.79 Å². The number of carboxylic acids is 1. The average molecular weight is 257 g/mol. The lowest BCUT2D eigenvalue weighted by molar-refractivity contribution is 0.0697. The number of rotatable bonds is 2. The van der Waals surface area contributed by atoms with Crippen LogP contribution >= 0.6 is 11.3 Å². The second-order valence-corrected chi connectivity index (χ2v) is 4.63. The monoisotopic (exact) mass is 257 g/mol. The minimum absolute atomic E-state index is 0.261. The highest BCUT2D eigenvalue weighted by Crippen LogP contribution is 2.29. The summed E-state index contributed by atoms with van der Waals surface area (Å²) in [5.41, 5.74) is 1.72. The quantitative estimate of drug-likeness (QED) is 0.763. The second kappa shape index (κ2) is 4.15. The Morgan fingerprint density at radius 3 is 2.89 bits per heavy atom. The van der Waals surface area contributed by atoms with Crippen LogP contribution in [0.2, 0.25) is 0 Å². The van der Waals surface area contributed by atoms with Gasteiger partial charge in [0.05, 0.1) is 22.0 Å². The SMILES string of the molecule is O=C(O)c1ccc2nc(-c3cnccn3)sc2c1. The van der Waals surface area contributed by atoms with Gasteiger partial charge in [-0.25, -0.2) is 9.78 Å². The van der Waals surface area contributed by atoms with Crippen LogP contribution in [-0.2, 0) is 0 Å². The molecule has 0 amide bonds.